The van der Waals surface area contributed by atoms with E-state index in [0.29, 0.717) is 12.8 Å². The van der Waals surface area contributed by atoms with Gasteiger partial charge in [-0.15, -0.1) is 0 Å². The second-order valence-electron chi connectivity index (χ2n) is 13.3. The topological polar surface area (TPSA) is 165 Å². The number of aliphatic hydroxyl groups is 4. The first-order valence-corrected chi connectivity index (χ1v) is 15.8. The minimum Gasteiger partial charge on any atom is -0.393 e. The zero-order valence-electron chi connectivity index (χ0n) is 26.2. The van der Waals surface area contributed by atoms with Crippen molar-refractivity contribution in [3.63, 3.8) is 0 Å². The van der Waals surface area contributed by atoms with E-state index < -0.39 is 79.0 Å². The molecule has 0 aromatic heterocycles. The molecule has 4 aliphatic heterocycles. The van der Waals surface area contributed by atoms with Gasteiger partial charge in [-0.05, 0) is 52.5 Å². The van der Waals surface area contributed by atoms with Crippen LogP contribution >= 0.6 is 0 Å². The lowest BCUT2D eigenvalue weighted by atomic mass is 9.75. The molecule has 4 saturated heterocycles. The molecule has 4 fully saturated rings. The number of nitrogens with one attached hydrogen (secondary N) is 1. The second kappa shape index (κ2) is 14.0. The number of fused-ring (bicyclic) bond motifs is 1. The smallest absolute Gasteiger partial charge is 0.217 e. The molecule has 248 valence electrons. The van der Waals surface area contributed by atoms with Gasteiger partial charge in [-0.1, -0.05) is 30.3 Å². The molecule has 4 heterocycles. The normalized spacial score (nSPS) is 44.0. The maximum Gasteiger partial charge on any atom is 0.217 e. The van der Waals surface area contributed by atoms with Gasteiger partial charge >= 0.3 is 0 Å². The zero-order valence-corrected chi connectivity index (χ0v) is 26.2. The summed E-state index contributed by atoms with van der Waals surface area (Å²) in [6.07, 6.45) is -7.81. The van der Waals surface area contributed by atoms with Crippen molar-refractivity contribution in [1.29, 1.82) is 0 Å². The number of hydrogen-bond acceptors (Lipinski definition) is 11. The third kappa shape index (κ3) is 7.63. The molecular formula is C32H49NO11. The molecule has 12 nitrogen and oxygen atoms in total. The third-order valence-electron chi connectivity index (χ3n) is 9.41. The summed E-state index contributed by atoms with van der Waals surface area (Å²) in [5, 5.41) is 45.8. The fourth-order valence-electron chi connectivity index (χ4n) is 7.17. The molecule has 0 spiro atoms. The molecule has 1 aromatic rings. The SMILES string of the molecule is CC(=O)N[C@H]1[C@@H](OCc2ccccc2)O[C@@H]2COC(C)(C)O[C@H]2[C@@H]1C[C@@H]1O[C@H](C)C[C@H](O)[C@H]1C[C@@H]1O[C@@H](C)[C@@H](O)[C@@H](O)[C@@H]1O. The van der Waals surface area contributed by atoms with E-state index in [-0.39, 0.29) is 37.6 Å². The van der Waals surface area contributed by atoms with Crippen molar-refractivity contribution in [3.05, 3.63) is 35.9 Å². The van der Waals surface area contributed by atoms with E-state index >= 15 is 0 Å². The molecule has 0 radical (unpaired) electrons. The summed E-state index contributed by atoms with van der Waals surface area (Å²) in [6, 6.07) is 9.07. The summed E-state index contributed by atoms with van der Waals surface area (Å²) in [7, 11) is 0. The molecule has 5 N–H and O–H groups in total. The fraction of sp³-hybridized carbons (Fsp3) is 0.781. The number of benzene rings is 1. The van der Waals surface area contributed by atoms with Crippen LogP contribution in [0.2, 0.25) is 0 Å². The summed E-state index contributed by atoms with van der Waals surface area (Å²) in [5.74, 6) is -1.99. The van der Waals surface area contributed by atoms with Gasteiger partial charge in [0.25, 0.3) is 0 Å². The number of hydrogen-bond donors (Lipinski definition) is 5. The lowest BCUT2D eigenvalue weighted by Crippen LogP contribution is -2.66. The fourth-order valence-corrected chi connectivity index (χ4v) is 7.17. The number of amides is 1. The monoisotopic (exact) mass is 623 g/mol. The van der Waals surface area contributed by atoms with Gasteiger partial charge in [-0.25, -0.2) is 0 Å². The van der Waals surface area contributed by atoms with Gasteiger partial charge in [0.2, 0.25) is 5.91 Å². The quantitative estimate of drug-likeness (QED) is 0.281. The third-order valence-corrected chi connectivity index (χ3v) is 9.41. The highest BCUT2D eigenvalue weighted by Crippen LogP contribution is 2.42. The number of rotatable bonds is 8. The van der Waals surface area contributed by atoms with Gasteiger partial charge in [0.15, 0.2) is 12.1 Å². The largest absolute Gasteiger partial charge is 0.393 e. The van der Waals surface area contributed by atoms with Crippen LogP contribution in [0, 0.1) is 11.8 Å². The van der Waals surface area contributed by atoms with Crippen LogP contribution in [-0.2, 0) is 39.8 Å². The minimum absolute atomic E-state index is 0.194. The Kier molecular flexibility index (Phi) is 10.7. The first-order chi connectivity index (χ1) is 20.8. The molecule has 0 unspecified atom stereocenters. The Labute approximate surface area is 258 Å². The Morgan fingerprint density at radius 2 is 1.66 bits per heavy atom. The lowest BCUT2D eigenvalue weighted by Gasteiger charge is -2.53. The van der Waals surface area contributed by atoms with Crippen molar-refractivity contribution in [3.8, 4) is 0 Å². The Morgan fingerprint density at radius 1 is 0.955 bits per heavy atom. The first kappa shape index (κ1) is 33.6. The Balaban J connectivity index is 1.43. The average Bonchev–Trinajstić information content (AvgIpc) is 2.96. The van der Waals surface area contributed by atoms with Gasteiger partial charge in [0.1, 0.15) is 24.4 Å². The van der Waals surface area contributed by atoms with Crippen LogP contribution in [-0.4, -0.2) is 112 Å². The van der Waals surface area contributed by atoms with E-state index in [2.05, 4.69) is 5.32 Å². The molecule has 4 aliphatic rings. The molecule has 12 heteroatoms. The summed E-state index contributed by atoms with van der Waals surface area (Å²) in [6.45, 7) is 9.18. The van der Waals surface area contributed by atoms with Crippen molar-refractivity contribution >= 4 is 5.91 Å². The summed E-state index contributed by atoms with van der Waals surface area (Å²) < 4.78 is 37.5. The number of ether oxygens (including phenoxy) is 6. The standard InChI is InChI=1S/C32H49NO11/c1-16-11-22(35)20(12-24-28(37)29(38)27(36)17(2)42-24)23(41-16)13-21-26(33-18(3)34)31(39-14-19-9-7-6-8-10-19)43-25-15-40-32(4,5)44-30(21)25/h6-10,16-17,20-31,35-38H,11-15H2,1-5H3,(H,33,34)/t16-,17+,20-,21-,22+,23+,24+,25-,26-,27-,28-,29-,30+,31+/m1/s1. The maximum absolute atomic E-state index is 12.6. The van der Waals surface area contributed by atoms with Gasteiger partial charge in [0, 0.05) is 18.8 Å². The van der Waals surface area contributed by atoms with Crippen LogP contribution < -0.4 is 5.32 Å². The Morgan fingerprint density at radius 3 is 2.36 bits per heavy atom. The van der Waals surface area contributed by atoms with Crippen LogP contribution in [0.25, 0.3) is 0 Å². The summed E-state index contributed by atoms with van der Waals surface area (Å²) in [5.41, 5.74) is 0.953. The Hall–Kier alpha value is -1.71. The maximum atomic E-state index is 12.6. The van der Waals surface area contributed by atoms with E-state index in [4.69, 9.17) is 28.4 Å². The zero-order chi connectivity index (χ0) is 31.8. The lowest BCUT2D eigenvalue weighted by molar-refractivity contribution is -0.366. The van der Waals surface area contributed by atoms with Crippen LogP contribution in [0.4, 0.5) is 0 Å². The van der Waals surface area contributed by atoms with E-state index in [1.165, 1.54) is 6.92 Å². The van der Waals surface area contributed by atoms with Gasteiger partial charge < -0.3 is 54.2 Å². The molecular weight excluding hydrogens is 574 g/mol. The van der Waals surface area contributed by atoms with Crippen LogP contribution in [0.1, 0.15) is 59.4 Å². The van der Waals surface area contributed by atoms with E-state index in [1.54, 1.807) is 6.92 Å². The van der Waals surface area contributed by atoms with Gasteiger partial charge in [-0.3, -0.25) is 4.79 Å². The van der Waals surface area contributed by atoms with Gasteiger partial charge in [0.05, 0.1) is 55.9 Å². The summed E-state index contributed by atoms with van der Waals surface area (Å²) >= 11 is 0. The molecule has 0 bridgehead atoms. The predicted molar refractivity (Wildman–Crippen MR) is 156 cm³/mol. The highest BCUT2D eigenvalue weighted by Gasteiger charge is 2.54. The highest BCUT2D eigenvalue weighted by molar-refractivity contribution is 5.73. The average molecular weight is 624 g/mol. The molecule has 44 heavy (non-hydrogen) atoms. The first-order valence-electron chi connectivity index (χ1n) is 15.8. The molecule has 0 saturated carbocycles. The predicted octanol–water partition coefficient (Wildman–Crippen LogP) is 1.01. The van der Waals surface area contributed by atoms with Crippen molar-refractivity contribution < 1.29 is 53.6 Å². The van der Waals surface area contributed by atoms with Crippen LogP contribution in [0.3, 0.4) is 0 Å². The minimum atomic E-state index is -1.37. The van der Waals surface area contributed by atoms with Crippen LogP contribution in [0.5, 0.6) is 0 Å². The molecule has 1 amide bonds. The summed E-state index contributed by atoms with van der Waals surface area (Å²) in [4.78, 5) is 12.6. The number of aliphatic hydroxyl groups excluding tert-OH is 4. The molecule has 0 aliphatic carbocycles. The Bertz CT molecular complexity index is 1090. The van der Waals surface area contributed by atoms with E-state index in [1.807, 2.05) is 51.1 Å². The number of carbonyl (C=O) groups excluding carboxylic acids is 1. The molecule has 1 aromatic carbocycles. The van der Waals surface area contributed by atoms with Crippen molar-refractivity contribution in [2.24, 2.45) is 11.8 Å². The van der Waals surface area contributed by atoms with Crippen molar-refractivity contribution in [2.45, 2.75) is 140 Å². The van der Waals surface area contributed by atoms with Crippen molar-refractivity contribution in [1.82, 2.24) is 5.32 Å². The second-order valence-corrected chi connectivity index (χ2v) is 13.3. The molecule has 14 atom stereocenters. The van der Waals surface area contributed by atoms with E-state index in [0.717, 1.165) is 5.56 Å². The molecule has 5 rings (SSSR count). The number of carbonyl (C=O) groups is 1. The van der Waals surface area contributed by atoms with Crippen LogP contribution in [0.15, 0.2) is 30.3 Å². The highest BCUT2D eigenvalue weighted by atomic mass is 16.8. The van der Waals surface area contributed by atoms with Crippen molar-refractivity contribution in [2.75, 3.05) is 6.61 Å². The van der Waals surface area contributed by atoms with Gasteiger partial charge in [-0.2, -0.15) is 0 Å². The van der Waals surface area contributed by atoms with E-state index in [9.17, 15) is 25.2 Å².